The standard InChI is InChI=1S/C16H28.C12H20/c1-3-4-5-6-16(2)14-8-12-7-13(10-14)11-15(16)9-12;1-12(2)10-4-8-3-9(6-10)7-11(12)5-8/h12-15H,3-11H2,1-2H3;8-11H,3-7H2,1-2H3. The third-order valence-electron chi connectivity index (χ3n) is 11.6. The molecule has 8 rings (SSSR count). The van der Waals surface area contributed by atoms with Gasteiger partial charge in [-0.3, -0.25) is 0 Å². The first-order valence-electron chi connectivity index (χ1n) is 13.4. The van der Waals surface area contributed by atoms with E-state index in [0.29, 0.717) is 5.41 Å². The molecule has 0 aromatic carbocycles. The van der Waals surface area contributed by atoms with Crippen LogP contribution in [0.4, 0.5) is 0 Å². The highest BCUT2D eigenvalue weighted by atomic mass is 14.6. The van der Waals surface area contributed by atoms with Crippen molar-refractivity contribution >= 4 is 0 Å². The van der Waals surface area contributed by atoms with Crippen molar-refractivity contribution < 1.29 is 0 Å². The van der Waals surface area contributed by atoms with Crippen LogP contribution in [-0.4, -0.2) is 0 Å². The molecule has 0 aliphatic heterocycles. The largest absolute Gasteiger partial charge is 0.0654 e. The van der Waals surface area contributed by atoms with E-state index in [9.17, 15) is 0 Å². The Hall–Kier alpha value is 0. The van der Waals surface area contributed by atoms with Gasteiger partial charge in [-0.05, 0) is 129 Å². The van der Waals surface area contributed by atoms with Crippen molar-refractivity contribution in [2.75, 3.05) is 0 Å². The number of unbranched alkanes of at least 4 members (excludes halogenated alkanes) is 2. The molecule has 0 atom stereocenters. The summed E-state index contributed by atoms with van der Waals surface area (Å²) in [4.78, 5) is 0. The molecule has 8 fully saturated rings. The summed E-state index contributed by atoms with van der Waals surface area (Å²) in [6, 6.07) is 0. The quantitative estimate of drug-likeness (QED) is 0.426. The molecule has 0 nitrogen and oxygen atoms in total. The van der Waals surface area contributed by atoms with Gasteiger partial charge in [0.2, 0.25) is 0 Å². The van der Waals surface area contributed by atoms with E-state index in [2.05, 4.69) is 27.7 Å². The van der Waals surface area contributed by atoms with E-state index >= 15 is 0 Å². The van der Waals surface area contributed by atoms with Gasteiger partial charge in [0.15, 0.2) is 0 Å². The number of rotatable bonds is 4. The van der Waals surface area contributed by atoms with Crippen molar-refractivity contribution in [3.05, 3.63) is 0 Å². The molecule has 8 aliphatic rings. The van der Waals surface area contributed by atoms with Gasteiger partial charge in [-0.15, -0.1) is 0 Å². The molecule has 160 valence electrons. The highest BCUT2D eigenvalue weighted by molar-refractivity contribution is 5.04. The predicted molar refractivity (Wildman–Crippen MR) is 120 cm³/mol. The minimum absolute atomic E-state index is 0.702. The average molecular weight is 385 g/mol. The molecule has 0 spiro atoms. The van der Waals surface area contributed by atoms with Crippen LogP contribution in [0.1, 0.15) is 118 Å². The van der Waals surface area contributed by atoms with Crippen molar-refractivity contribution in [2.24, 2.45) is 58.2 Å². The second-order valence-corrected chi connectivity index (χ2v) is 13.4. The van der Waals surface area contributed by atoms with Crippen LogP contribution in [0.25, 0.3) is 0 Å². The van der Waals surface area contributed by atoms with Crippen molar-refractivity contribution in [1.29, 1.82) is 0 Å². The smallest absolute Gasteiger partial charge is 0.0269 e. The molecule has 0 heterocycles. The van der Waals surface area contributed by atoms with Crippen molar-refractivity contribution in [3.63, 3.8) is 0 Å². The van der Waals surface area contributed by atoms with Crippen LogP contribution < -0.4 is 0 Å². The Balaban J connectivity index is 0.000000127. The van der Waals surface area contributed by atoms with Crippen molar-refractivity contribution in [2.45, 2.75) is 118 Å². The first kappa shape index (κ1) is 19.9. The van der Waals surface area contributed by atoms with E-state index in [1.807, 2.05) is 0 Å². The summed E-state index contributed by atoms with van der Waals surface area (Å²) in [5.41, 5.74) is 1.45. The van der Waals surface area contributed by atoms with E-state index in [1.165, 1.54) is 25.7 Å². The fraction of sp³-hybridized carbons (Fsp3) is 1.00. The molecule has 8 saturated carbocycles. The maximum absolute atomic E-state index is 2.65. The van der Waals surface area contributed by atoms with E-state index in [-0.39, 0.29) is 0 Å². The van der Waals surface area contributed by atoms with Gasteiger partial charge < -0.3 is 0 Å². The minimum atomic E-state index is 0.702. The zero-order valence-electron chi connectivity index (χ0n) is 19.5. The normalized spacial score (nSPS) is 51.9. The Morgan fingerprint density at radius 2 is 0.929 bits per heavy atom. The molecule has 0 N–H and O–H groups in total. The molecule has 0 aromatic rings. The molecular formula is C28H48. The van der Waals surface area contributed by atoms with E-state index in [4.69, 9.17) is 0 Å². The maximum Gasteiger partial charge on any atom is -0.0269 e. The van der Waals surface area contributed by atoms with Crippen LogP contribution in [0.3, 0.4) is 0 Å². The van der Waals surface area contributed by atoms with Crippen LogP contribution in [0.15, 0.2) is 0 Å². The lowest BCUT2D eigenvalue weighted by molar-refractivity contribution is -0.103. The molecule has 8 aliphatic carbocycles. The van der Waals surface area contributed by atoms with E-state index < -0.39 is 0 Å². The van der Waals surface area contributed by atoms with Gasteiger partial charge >= 0.3 is 0 Å². The van der Waals surface area contributed by atoms with Gasteiger partial charge in [-0.25, -0.2) is 0 Å². The predicted octanol–water partition coefficient (Wildman–Crippen LogP) is 8.50. The Labute approximate surface area is 176 Å². The number of hydrogen-bond donors (Lipinski definition) is 0. The summed E-state index contributed by atoms with van der Waals surface area (Å²) in [6.07, 6.45) is 21.7. The highest BCUT2D eigenvalue weighted by Gasteiger charge is 2.54. The molecule has 0 saturated heterocycles. The molecule has 0 aromatic heterocycles. The Morgan fingerprint density at radius 3 is 1.32 bits per heavy atom. The van der Waals surface area contributed by atoms with Gasteiger partial charge in [-0.1, -0.05) is 47.0 Å². The molecule has 0 radical (unpaired) electrons. The summed E-state index contributed by atoms with van der Waals surface area (Å²) in [5.74, 6) is 8.97. The van der Waals surface area contributed by atoms with Crippen LogP contribution >= 0.6 is 0 Å². The molecule has 8 bridgehead atoms. The molecule has 0 heteroatoms. The lowest BCUT2D eigenvalue weighted by atomic mass is 9.45. The van der Waals surface area contributed by atoms with Gasteiger partial charge in [0, 0.05) is 0 Å². The number of hydrogen-bond acceptors (Lipinski definition) is 0. The zero-order chi connectivity index (χ0) is 19.5. The van der Waals surface area contributed by atoms with Crippen LogP contribution in [0.5, 0.6) is 0 Å². The summed E-state index contributed by atoms with van der Waals surface area (Å²) >= 11 is 0. The fourth-order valence-electron chi connectivity index (χ4n) is 9.82. The molecule has 0 amide bonds. The zero-order valence-corrected chi connectivity index (χ0v) is 19.5. The Bertz CT molecular complexity index is 496. The van der Waals surface area contributed by atoms with Gasteiger partial charge in [0.05, 0.1) is 0 Å². The lowest BCUT2D eigenvalue weighted by Crippen LogP contribution is -2.51. The van der Waals surface area contributed by atoms with E-state index in [1.54, 1.807) is 64.2 Å². The van der Waals surface area contributed by atoms with Gasteiger partial charge in [-0.2, -0.15) is 0 Å². The highest BCUT2D eigenvalue weighted by Crippen LogP contribution is 2.64. The van der Waals surface area contributed by atoms with Crippen molar-refractivity contribution in [1.82, 2.24) is 0 Å². The van der Waals surface area contributed by atoms with Crippen LogP contribution in [0, 0.1) is 58.2 Å². The van der Waals surface area contributed by atoms with Crippen LogP contribution in [0.2, 0.25) is 0 Å². The summed E-state index contributed by atoms with van der Waals surface area (Å²) in [7, 11) is 0. The summed E-state index contributed by atoms with van der Waals surface area (Å²) in [5, 5.41) is 0. The Kier molecular flexibility index (Phi) is 5.20. The maximum atomic E-state index is 2.65. The van der Waals surface area contributed by atoms with Gasteiger partial charge in [0.1, 0.15) is 0 Å². The van der Waals surface area contributed by atoms with Crippen molar-refractivity contribution in [3.8, 4) is 0 Å². The van der Waals surface area contributed by atoms with Gasteiger partial charge in [0.25, 0.3) is 0 Å². The lowest BCUT2D eigenvalue weighted by Gasteiger charge is -2.60. The molecule has 0 unspecified atom stereocenters. The average Bonchev–Trinajstić information content (AvgIpc) is 2.64. The SMILES string of the molecule is CC1(C)C2CC3CC(C2)CC1C3.CCCCCC1(C)C2CC3CC(C2)CC1C3. The third kappa shape index (κ3) is 3.32. The Morgan fingerprint density at radius 1 is 0.536 bits per heavy atom. The summed E-state index contributed by atoms with van der Waals surface area (Å²) < 4.78 is 0. The second kappa shape index (κ2) is 7.30. The minimum Gasteiger partial charge on any atom is -0.0654 e. The topological polar surface area (TPSA) is 0 Å². The third-order valence-corrected chi connectivity index (χ3v) is 11.6. The second-order valence-electron chi connectivity index (χ2n) is 13.4. The van der Waals surface area contributed by atoms with E-state index in [0.717, 1.165) is 52.8 Å². The first-order chi connectivity index (χ1) is 13.4. The fourth-order valence-corrected chi connectivity index (χ4v) is 9.82. The molecular weight excluding hydrogens is 336 g/mol. The monoisotopic (exact) mass is 384 g/mol. The summed E-state index contributed by atoms with van der Waals surface area (Å²) in [6.45, 7) is 10.0. The van der Waals surface area contributed by atoms with Crippen LogP contribution in [-0.2, 0) is 0 Å². The first-order valence-corrected chi connectivity index (χ1v) is 13.4. The molecule has 28 heavy (non-hydrogen) atoms.